The van der Waals surface area contributed by atoms with Crippen LogP contribution in [-0.2, 0) is 9.59 Å². The van der Waals surface area contributed by atoms with Crippen molar-refractivity contribution in [3.05, 3.63) is 89.5 Å². The van der Waals surface area contributed by atoms with Crippen LogP contribution in [0.1, 0.15) is 31.0 Å². The lowest BCUT2D eigenvalue weighted by atomic mass is 9.95. The van der Waals surface area contributed by atoms with Crippen molar-refractivity contribution < 1.29 is 29.6 Å². The topological polar surface area (TPSA) is 107 Å². The van der Waals surface area contributed by atoms with Gasteiger partial charge in [-0.05, 0) is 60.0 Å². The van der Waals surface area contributed by atoms with Gasteiger partial charge in [-0.2, -0.15) is 0 Å². The quantitative estimate of drug-likeness (QED) is 0.279. The van der Waals surface area contributed by atoms with Gasteiger partial charge in [0.25, 0.3) is 11.7 Å². The number of ether oxygens (including phenoxy) is 1. The Kier molecular flexibility index (Phi) is 6.27. The van der Waals surface area contributed by atoms with Crippen molar-refractivity contribution in [2.75, 3.05) is 11.5 Å². The van der Waals surface area contributed by atoms with Crippen LogP contribution in [0.25, 0.3) is 5.76 Å². The molecule has 1 heterocycles. The van der Waals surface area contributed by atoms with Crippen LogP contribution in [0.15, 0.2) is 78.4 Å². The number of rotatable bonds is 6. The van der Waals surface area contributed by atoms with Crippen molar-refractivity contribution in [1.29, 1.82) is 0 Å². The summed E-state index contributed by atoms with van der Waals surface area (Å²) >= 11 is 0. The SMILES string of the molecule is CC(C)COc1ccc(/C(O)=C2\C(=O)C(=O)N(c3ccccc3O)C2c2ccc(O)cc2)cc1. The number of hydrogen-bond acceptors (Lipinski definition) is 6. The summed E-state index contributed by atoms with van der Waals surface area (Å²) < 4.78 is 5.68. The van der Waals surface area contributed by atoms with E-state index in [1.165, 1.54) is 24.3 Å². The number of aliphatic hydroxyl groups is 1. The van der Waals surface area contributed by atoms with Gasteiger partial charge in [-0.3, -0.25) is 14.5 Å². The van der Waals surface area contributed by atoms with Gasteiger partial charge in [0, 0.05) is 5.56 Å². The minimum absolute atomic E-state index is 0.0141. The molecular formula is C27H25NO6. The van der Waals surface area contributed by atoms with Crippen LogP contribution >= 0.6 is 0 Å². The molecule has 34 heavy (non-hydrogen) atoms. The molecule has 1 aliphatic heterocycles. The van der Waals surface area contributed by atoms with Crippen LogP contribution < -0.4 is 9.64 Å². The Morgan fingerprint density at radius 2 is 1.59 bits per heavy atom. The first-order chi connectivity index (χ1) is 16.3. The number of phenolic OH excluding ortho intramolecular Hbond substituents is 2. The van der Waals surface area contributed by atoms with Crippen molar-refractivity contribution >= 4 is 23.1 Å². The van der Waals surface area contributed by atoms with Gasteiger partial charge < -0.3 is 20.1 Å². The number of nitrogens with zero attached hydrogens (tertiary/aromatic N) is 1. The van der Waals surface area contributed by atoms with E-state index < -0.39 is 17.7 Å². The number of carbonyl (C=O) groups is 2. The molecule has 1 aliphatic rings. The fraction of sp³-hybridized carbons (Fsp3) is 0.185. The Morgan fingerprint density at radius 1 is 0.941 bits per heavy atom. The number of benzene rings is 3. The third-order valence-corrected chi connectivity index (χ3v) is 5.51. The Balaban J connectivity index is 1.83. The normalized spacial score (nSPS) is 17.4. The Bertz CT molecular complexity index is 1240. The fourth-order valence-corrected chi connectivity index (χ4v) is 3.85. The van der Waals surface area contributed by atoms with Crippen molar-refractivity contribution in [2.45, 2.75) is 19.9 Å². The largest absolute Gasteiger partial charge is 0.508 e. The van der Waals surface area contributed by atoms with Crippen LogP contribution in [0, 0.1) is 5.92 Å². The predicted molar refractivity (Wildman–Crippen MR) is 128 cm³/mol. The molecule has 3 aromatic rings. The zero-order chi connectivity index (χ0) is 24.4. The number of hydrogen-bond donors (Lipinski definition) is 3. The molecule has 0 saturated carbocycles. The Morgan fingerprint density at radius 3 is 2.21 bits per heavy atom. The Labute approximate surface area is 197 Å². The summed E-state index contributed by atoms with van der Waals surface area (Å²) in [4.78, 5) is 27.4. The summed E-state index contributed by atoms with van der Waals surface area (Å²) in [6.45, 7) is 4.61. The van der Waals surface area contributed by atoms with Gasteiger partial charge in [0.1, 0.15) is 23.0 Å². The highest BCUT2D eigenvalue weighted by molar-refractivity contribution is 6.51. The molecule has 1 saturated heterocycles. The molecule has 3 N–H and O–H groups in total. The van der Waals surface area contributed by atoms with Crippen LogP contribution in [-0.4, -0.2) is 33.6 Å². The second-order valence-corrected chi connectivity index (χ2v) is 8.48. The summed E-state index contributed by atoms with van der Waals surface area (Å²) in [6, 6.07) is 17.8. The number of phenols is 2. The maximum Gasteiger partial charge on any atom is 0.300 e. The zero-order valence-electron chi connectivity index (χ0n) is 18.8. The van der Waals surface area contributed by atoms with Crippen LogP contribution in [0.4, 0.5) is 5.69 Å². The van der Waals surface area contributed by atoms with E-state index in [0.29, 0.717) is 29.4 Å². The average molecular weight is 459 g/mol. The zero-order valence-corrected chi connectivity index (χ0v) is 18.8. The summed E-state index contributed by atoms with van der Waals surface area (Å²) in [5.41, 5.74) is 0.851. The van der Waals surface area contributed by atoms with Crippen LogP contribution in [0.3, 0.4) is 0 Å². The monoisotopic (exact) mass is 459 g/mol. The molecule has 0 bridgehead atoms. The molecule has 1 atom stereocenters. The van der Waals surface area contributed by atoms with E-state index in [-0.39, 0.29) is 28.5 Å². The van der Waals surface area contributed by atoms with Gasteiger partial charge in [0.05, 0.1) is 23.9 Å². The number of anilines is 1. The molecule has 1 fully saturated rings. The molecule has 174 valence electrons. The minimum atomic E-state index is -1.01. The number of aromatic hydroxyl groups is 2. The molecule has 0 aliphatic carbocycles. The summed E-state index contributed by atoms with van der Waals surface area (Å²) in [6.07, 6.45) is 0. The highest BCUT2D eigenvalue weighted by Crippen LogP contribution is 2.44. The first kappa shape index (κ1) is 22.9. The first-order valence-corrected chi connectivity index (χ1v) is 10.9. The molecule has 7 heteroatoms. The third kappa shape index (κ3) is 4.32. The van der Waals surface area contributed by atoms with E-state index in [9.17, 15) is 24.9 Å². The molecule has 0 aromatic heterocycles. The van der Waals surface area contributed by atoms with E-state index in [0.717, 1.165) is 4.90 Å². The highest BCUT2D eigenvalue weighted by Gasteiger charge is 2.47. The van der Waals surface area contributed by atoms with Crippen LogP contribution in [0.2, 0.25) is 0 Å². The van der Waals surface area contributed by atoms with Gasteiger partial charge in [-0.15, -0.1) is 0 Å². The Hall–Kier alpha value is -4.26. The third-order valence-electron chi connectivity index (χ3n) is 5.51. The van der Waals surface area contributed by atoms with Gasteiger partial charge in [0.15, 0.2) is 0 Å². The minimum Gasteiger partial charge on any atom is -0.508 e. The average Bonchev–Trinajstić information content (AvgIpc) is 3.09. The summed E-state index contributed by atoms with van der Waals surface area (Å²) in [5.74, 6) is -1.29. The molecule has 4 rings (SSSR count). The lowest BCUT2D eigenvalue weighted by molar-refractivity contribution is -0.132. The van der Waals surface area contributed by atoms with Crippen molar-refractivity contribution in [3.63, 3.8) is 0 Å². The van der Waals surface area contributed by atoms with Crippen LogP contribution in [0.5, 0.6) is 17.2 Å². The second-order valence-electron chi connectivity index (χ2n) is 8.48. The van der Waals surface area contributed by atoms with Gasteiger partial charge in [-0.25, -0.2) is 0 Å². The van der Waals surface area contributed by atoms with Crippen molar-refractivity contribution in [3.8, 4) is 17.2 Å². The van der Waals surface area contributed by atoms with E-state index in [2.05, 4.69) is 0 Å². The van der Waals surface area contributed by atoms with Crippen molar-refractivity contribution in [2.24, 2.45) is 5.92 Å². The number of ketones is 1. The maximum absolute atomic E-state index is 13.1. The molecule has 0 radical (unpaired) electrons. The fourth-order valence-electron chi connectivity index (χ4n) is 3.85. The van der Waals surface area contributed by atoms with E-state index >= 15 is 0 Å². The molecule has 1 amide bonds. The molecule has 0 spiro atoms. The highest BCUT2D eigenvalue weighted by atomic mass is 16.5. The predicted octanol–water partition coefficient (Wildman–Crippen LogP) is 4.76. The standard InChI is InChI=1S/C27H25NO6/c1-16(2)15-34-20-13-9-18(10-14-20)25(31)23-24(17-7-11-19(29)12-8-17)28(27(33)26(23)32)21-5-3-4-6-22(21)30/h3-14,16,24,29-31H,15H2,1-2H3/b25-23+. The van der Waals surface area contributed by atoms with Gasteiger partial charge in [0.2, 0.25) is 0 Å². The lowest BCUT2D eigenvalue weighted by Crippen LogP contribution is -2.29. The molecular weight excluding hydrogens is 434 g/mol. The van der Waals surface area contributed by atoms with Crippen molar-refractivity contribution in [1.82, 2.24) is 0 Å². The summed E-state index contributed by atoms with van der Waals surface area (Å²) in [5, 5.41) is 31.3. The van der Waals surface area contributed by atoms with E-state index in [4.69, 9.17) is 4.74 Å². The first-order valence-electron chi connectivity index (χ1n) is 10.9. The number of carbonyl (C=O) groups excluding carboxylic acids is 2. The maximum atomic E-state index is 13.1. The number of Topliss-reactive ketones (excluding diaryl/α,β-unsaturated/α-hetero) is 1. The smallest absolute Gasteiger partial charge is 0.300 e. The molecule has 3 aromatic carbocycles. The lowest BCUT2D eigenvalue weighted by Gasteiger charge is -2.26. The number of aliphatic hydroxyl groups excluding tert-OH is 1. The number of amides is 1. The van der Waals surface area contributed by atoms with E-state index in [1.807, 2.05) is 13.8 Å². The summed E-state index contributed by atoms with van der Waals surface area (Å²) in [7, 11) is 0. The van der Waals surface area contributed by atoms with Gasteiger partial charge in [-0.1, -0.05) is 38.1 Å². The van der Waals surface area contributed by atoms with Gasteiger partial charge >= 0.3 is 0 Å². The molecule has 1 unspecified atom stereocenters. The second kappa shape index (κ2) is 9.31. The molecule has 7 nitrogen and oxygen atoms in total. The van der Waals surface area contributed by atoms with E-state index in [1.54, 1.807) is 48.5 Å². The number of para-hydroxylation sites is 2.